The smallest absolute Gasteiger partial charge is 0.0900 e. The number of rotatable bonds is 3. The summed E-state index contributed by atoms with van der Waals surface area (Å²) >= 11 is 1.81. The Balaban J connectivity index is 1.97. The molecule has 0 unspecified atom stereocenters. The maximum Gasteiger partial charge on any atom is 0.0900 e. The van der Waals surface area contributed by atoms with E-state index in [2.05, 4.69) is 57.2 Å². The van der Waals surface area contributed by atoms with E-state index in [1.165, 1.54) is 28.4 Å². The first-order valence-corrected chi connectivity index (χ1v) is 7.94. The van der Waals surface area contributed by atoms with Crippen molar-refractivity contribution in [2.45, 2.75) is 78.0 Å². The van der Waals surface area contributed by atoms with Crippen molar-refractivity contribution in [2.24, 2.45) is 0 Å². The van der Waals surface area contributed by atoms with Crippen LogP contribution in [0, 0.1) is 13.8 Å². The lowest BCUT2D eigenvalue weighted by molar-refractivity contribution is 0.145. The van der Waals surface area contributed by atoms with Crippen molar-refractivity contribution in [3.63, 3.8) is 0 Å². The van der Waals surface area contributed by atoms with Gasteiger partial charge >= 0.3 is 0 Å². The predicted octanol–water partition coefficient (Wildman–Crippen LogP) is 3.16. The fourth-order valence-corrected chi connectivity index (χ4v) is 4.33. The number of hydrogen-bond donors (Lipinski definition) is 2. The molecule has 19 heavy (non-hydrogen) atoms. The lowest BCUT2D eigenvalue weighted by Gasteiger charge is -2.46. The van der Waals surface area contributed by atoms with E-state index >= 15 is 0 Å². The highest BCUT2D eigenvalue weighted by Crippen LogP contribution is 2.29. The first-order chi connectivity index (χ1) is 8.67. The number of nitrogens with one attached hydrogen (secondary N) is 2. The van der Waals surface area contributed by atoms with E-state index in [9.17, 15) is 0 Å². The Bertz CT molecular complexity index is 432. The van der Waals surface area contributed by atoms with Gasteiger partial charge in [-0.15, -0.1) is 11.3 Å². The molecule has 0 aromatic carbocycles. The summed E-state index contributed by atoms with van der Waals surface area (Å²) in [5.74, 6) is 0. The molecule has 1 aliphatic heterocycles. The molecule has 2 rings (SSSR count). The van der Waals surface area contributed by atoms with Gasteiger partial charge in [0.05, 0.1) is 10.7 Å². The zero-order valence-corrected chi connectivity index (χ0v) is 13.9. The van der Waals surface area contributed by atoms with Gasteiger partial charge in [-0.3, -0.25) is 0 Å². The minimum Gasteiger partial charge on any atom is -0.309 e. The second-order valence-corrected chi connectivity index (χ2v) is 8.41. The molecule has 2 N–H and O–H groups in total. The number of thiazole rings is 1. The molecule has 0 atom stereocenters. The van der Waals surface area contributed by atoms with E-state index in [0.29, 0.717) is 6.04 Å². The fraction of sp³-hybridized carbons (Fsp3) is 0.800. The highest BCUT2D eigenvalue weighted by Gasteiger charge is 2.37. The van der Waals surface area contributed by atoms with Crippen molar-refractivity contribution >= 4 is 11.3 Å². The van der Waals surface area contributed by atoms with Gasteiger partial charge in [-0.1, -0.05) is 0 Å². The Kier molecular flexibility index (Phi) is 4.05. The van der Waals surface area contributed by atoms with E-state index in [-0.39, 0.29) is 11.1 Å². The molecule has 1 aromatic rings. The van der Waals surface area contributed by atoms with Crippen molar-refractivity contribution in [2.75, 3.05) is 0 Å². The topological polar surface area (TPSA) is 37.0 Å². The summed E-state index contributed by atoms with van der Waals surface area (Å²) in [6, 6.07) is 0.577. The molecule has 3 nitrogen and oxygen atoms in total. The van der Waals surface area contributed by atoms with Crippen molar-refractivity contribution in [3.8, 4) is 0 Å². The van der Waals surface area contributed by atoms with Crippen LogP contribution in [0.25, 0.3) is 0 Å². The maximum absolute atomic E-state index is 4.50. The van der Waals surface area contributed by atoms with Crippen LogP contribution in [0.15, 0.2) is 0 Å². The maximum atomic E-state index is 4.50. The molecule has 4 heteroatoms. The third-order valence-corrected chi connectivity index (χ3v) is 4.81. The van der Waals surface area contributed by atoms with Crippen molar-refractivity contribution in [3.05, 3.63) is 15.6 Å². The first-order valence-electron chi connectivity index (χ1n) is 7.12. The molecule has 0 saturated carbocycles. The van der Waals surface area contributed by atoms with Crippen LogP contribution in [0.5, 0.6) is 0 Å². The van der Waals surface area contributed by atoms with Crippen LogP contribution >= 0.6 is 11.3 Å². The van der Waals surface area contributed by atoms with Crippen molar-refractivity contribution in [1.29, 1.82) is 0 Å². The molecule has 1 saturated heterocycles. The SMILES string of the molecule is Cc1nc(C)c(CNC2CC(C)(C)NC(C)(C)C2)s1. The van der Waals surface area contributed by atoms with Crippen LogP contribution in [-0.4, -0.2) is 22.1 Å². The minimum atomic E-state index is 0.206. The van der Waals surface area contributed by atoms with E-state index in [1.54, 1.807) is 0 Å². The zero-order valence-electron chi connectivity index (χ0n) is 13.1. The Morgan fingerprint density at radius 3 is 2.26 bits per heavy atom. The number of aryl methyl sites for hydroxylation is 2. The highest BCUT2D eigenvalue weighted by molar-refractivity contribution is 7.11. The molecule has 0 radical (unpaired) electrons. The summed E-state index contributed by atoms with van der Waals surface area (Å²) in [4.78, 5) is 5.88. The predicted molar refractivity (Wildman–Crippen MR) is 82.7 cm³/mol. The van der Waals surface area contributed by atoms with Gasteiger partial charge in [-0.05, 0) is 54.4 Å². The number of piperidine rings is 1. The van der Waals surface area contributed by atoms with Crippen LogP contribution < -0.4 is 10.6 Å². The van der Waals surface area contributed by atoms with E-state index in [0.717, 1.165) is 6.54 Å². The van der Waals surface area contributed by atoms with Crippen LogP contribution in [-0.2, 0) is 6.54 Å². The summed E-state index contributed by atoms with van der Waals surface area (Å²) < 4.78 is 0. The van der Waals surface area contributed by atoms with Gasteiger partial charge < -0.3 is 10.6 Å². The molecule has 2 heterocycles. The molecule has 0 aliphatic carbocycles. The summed E-state index contributed by atoms with van der Waals surface area (Å²) in [5, 5.41) is 8.63. The van der Waals surface area contributed by atoms with Gasteiger partial charge in [0.25, 0.3) is 0 Å². The summed E-state index contributed by atoms with van der Waals surface area (Å²) in [6.07, 6.45) is 2.35. The van der Waals surface area contributed by atoms with E-state index in [1.807, 2.05) is 11.3 Å². The van der Waals surface area contributed by atoms with E-state index < -0.39 is 0 Å². The standard InChI is InChI=1S/C15H27N3S/c1-10-13(19-11(2)17-10)9-16-12-7-14(3,4)18-15(5,6)8-12/h12,16,18H,7-9H2,1-6H3. The average Bonchev–Trinajstić information content (AvgIpc) is 2.49. The van der Waals surface area contributed by atoms with Gasteiger partial charge in [0.2, 0.25) is 0 Å². The van der Waals surface area contributed by atoms with Crippen molar-refractivity contribution < 1.29 is 0 Å². The average molecular weight is 281 g/mol. The van der Waals surface area contributed by atoms with E-state index in [4.69, 9.17) is 0 Å². The number of hydrogen-bond acceptors (Lipinski definition) is 4. The second kappa shape index (κ2) is 5.15. The quantitative estimate of drug-likeness (QED) is 0.893. The lowest BCUT2D eigenvalue weighted by Crippen LogP contribution is -2.61. The summed E-state index contributed by atoms with van der Waals surface area (Å²) in [7, 11) is 0. The Morgan fingerprint density at radius 2 is 1.79 bits per heavy atom. The molecular formula is C15H27N3S. The van der Waals surface area contributed by atoms with Crippen LogP contribution in [0.4, 0.5) is 0 Å². The molecule has 0 amide bonds. The highest BCUT2D eigenvalue weighted by atomic mass is 32.1. The summed E-state index contributed by atoms with van der Waals surface area (Å²) in [6.45, 7) is 14.3. The Hall–Kier alpha value is -0.450. The van der Waals surface area contributed by atoms with Gasteiger partial charge in [0.15, 0.2) is 0 Å². The largest absolute Gasteiger partial charge is 0.309 e. The Morgan fingerprint density at radius 1 is 1.21 bits per heavy atom. The lowest BCUT2D eigenvalue weighted by atomic mass is 9.79. The summed E-state index contributed by atoms with van der Waals surface area (Å²) in [5.41, 5.74) is 1.60. The van der Waals surface area contributed by atoms with Gasteiger partial charge in [-0.25, -0.2) is 4.98 Å². The molecule has 1 aromatic heterocycles. The molecule has 1 aliphatic rings. The van der Waals surface area contributed by atoms with Crippen LogP contribution in [0.2, 0.25) is 0 Å². The Labute approximate surface area is 121 Å². The van der Waals surface area contributed by atoms with Gasteiger partial charge in [-0.2, -0.15) is 0 Å². The molecular weight excluding hydrogens is 254 g/mol. The third kappa shape index (κ3) is 4.01. The molecule has 1 fully saturated rings. The molecule has 0 spiro atoms. The van der Waals surface area contributed by atoms with Gasteiger partial charge in [0.1, 0.15) is 0 Å². The molecule has 108 valence electrons. The third-order valence-electron chi connectivity index (χ3n) is 3.74. The fourth-order valence-electron chi connectivity index (χ4n) is 3.44. The first kappa shape index (κ1) is 14.9. The normalized spacial score (nSPS) is 22.6. The second-order valence-electron chi connectivity index (χ2n) is 7.12. The number of aromatic nitrogens is 1. The number of nitrogens with zero attached hydrogens (tertiary/aromatic N) is 1. The monoisotopic (exact) mass is 281 g/mol. The van der Waals surface area contributed by atoms with Crippen molar-refractivity contribution in [1.82, 2.24) is 15.6 Å². The minimum absolute atomic E-state index is 0.206. The van der Waals surface area contributed by atoms with Gasteiger partial charge in [0, 0.05) is 28.5 Å². The van der Waals surface area contributed by atoms with Crippen LogP contribution in [0.3, 0.4) is 0 Å². The zero-order chi connectivity index (χ0) is 14.3. The van der Waals surface area contributed by atoms with Crippen LogP contribution in [0.1, 0.15) is 56.1 Å². The molecule has 0 bridgehead atoms.